The first-order valence-electron chi connectivity index (χ1n) is 7.29. The Balaban J connectivity index is 2.64. The maximum absolute atomic E-state index is 12.2. The van der Waals surface area contributed by atoms with Crippen LogP contribution in [0.3, 0.4) is 0 Å². The first-order chi connectivity index (χ1) is 8.66. The minimum atomic E-state index is -0.651. The largest absolute Gasteiger partial charge is 0.465 e. The van der Waals surface area contributed by atoms with E-state index in [1.807, 2.05) is 41.5 Å². The van der Waals surface area contributed by atoms with E-state index in [9.17, 15) is 4.79 Å². The zero-order valence-corrected chi connectivity index (χ0v) is 13.2. The molecule has 0 saturated heterocycles. The molecule has 0 heterocycles. The fourth-order valence-corrected chi connectivity index (χ4v) is 2.39. The quantitative estimate of drug-likeness (QED) is 0.723. The summed E-state index contributed by atoms with van der Waals surface area (Å²) >= 11 is 0. The third-order valence-electron chi connectivity index (χ3n) is 3.08. The van der Waals surface area contributed by atoms with Crippen molar-refractivity contribution in [3.05, 3.63) is 0 Å². The number of nitrogens with one attached hydrogen (secondary N) is 1. The second-order valence-electron chi connectivity index (χ2n) is 6.72. The molecule has 112 valence electrons. The summed E-state index contributed by atoms with van der Waals surface area (Å²) in [5, 5.41) is 3.41. The van der Waals surface area contributed by atoms with Crippen molar-refractivity contribution in [1.82, 2.24) is 5.32 Å². The first kappa shape index (κ1) is 16.4. The maximum Gasteiger partial charge on any atom is 0.326 e. The van der Waals surface area contributed by atoms with Crippen LogP contribution >= 0.6 is 0 Å². The van der Waals surface area contributed by atoms with Gasteiger partial charge in [0.15, 0.2) is 0 Å². The van der Waals surface area contributed by atoms with Crippen molar-refractivity contribution in [3.8, 4) is 0 Å². The number of carbonyl (C=O) groups is 1. The standard InChI is InChI=1S/C15H29NO3/c1-7-18-13(17)15(6,16-12-8-9-12)10-11(2)19-14(3,4)5/h11-12,16H,7-10H2,1-6H3. The predicted molar refractivity (Wildman–Crippen MR) is 76.1 cm³/mol. The molecule has 1 N–H and O–H groups in total. The van der Waals surface area contributed by atoms with Gasteiger partial charge in [0, 0.05) is 12.5 Å². The molecule has 0 aromatic heterocycles. The fraction of sp³-hybridized carbons (Fsp3) is 0.933. The van der Waals surface area contributed by atoms with E-state index in [2.05, 4.69) is 5.32 Å². The van der Waals surface area contributed by atoms with Crippen molar-refractivity contribution >= 4 is 5.97 Å². The van der Waals surface area contributed by atoms with E-state index in [1.165, 1.54) is 0 Å². The lowest BCUT2D eigenvalue weighted by atomic mass is 9.94. The molecule has 2 unspecified atom stereocenters. The van der Waals surface area contributed by atoms with Crippen LogP contribution in [0.2, 0.25) is 0 Å². The Hall–Kier alpha value is -0.610. The van der Waals surface area contributed by atoms with Crippen LogP contribution in [0.25, 0.3) is 0 Å². The molecule has 0 spiro atoms. The van der Waals surface area contributed by atoms with Crippen LogP contribution < -0.4 is 5.32 Å². The molecule has 0 aromatic rings. The van der Waals surface area contributed by atoms with Crippen LogP contribution in [0.15, 0.2) is 0 Å². The van der Waals surface area contributed by atoms with Crippen molar-refractivity contribution < 1.29 is 14.3 Å². The van der Waals surface area contributed by atoms with E-state index in [4.69, 9.17) is 9.47 Å². The summed E-state index contributed by atoms with van der Waals surface area (Å²) in [4.78, 5) is 12.2. The number of hydrogen-bond donors (Lipinski definition) is 1. The number of ether oxygens (including phenoxy) is 2. The van der Waals surface area contributed by atoms with Crippen molar-refractivity contribution in [2.75, 3.05) is 6.61 Å². The van der Waals surface area contributed by atoms with E-state index in [1.54, 1.807) is 0 Å². The molecule has 2 atom stereocenters. The molecule has 0 aliphatic heterocycles. The molecule has 1 fully saturated rings. The van der Waals surface area contributed by atoms with Gasteiger partial charge in [0.25, 0.3) is 0 Å². The topological polar surface area (TPSA) is 47.6 Å². The molecule has 19 heavy (non-hydrogen) atoms. The Morgan fingerprint density at radius 3 is 2.32 bits per heavy atom. The molecule has 4 nitrogen and oxygen atoms in total. The summed E-state index contributed by atoms with van der Waals surface area (Å²) in [6.45, 7) is 12.3. The van der Waals surface area contributed by atoms with Gasteiger partial charge in [-0.3, -0.25) is 10.1 Å². The van der Waals surface area contributed by atoms with Gasteiger partial charge in [-0.25, -0.2) is 0 Å². The first-order valence-corrected chi connectivity index (χ1v) is 7.29. The molecule has 0 radical (unpaired) electrons. The second kappa shape index (κ2) is 6.23. The third kappa shape index (κ3) is 5.91. The van der Waals surface area contributed by atoms with Crippen molar-refractivity contribution in [1.29, 1.82) is 0 Å². The lowest BCUT2D eigenvalue weighted by molar-refractivity contribution is -0.153. The van der Waals surface area contributed by atoms with Crippen LogP contribution in [0.1, 0.15) is 60.8 Å². The SMILES string of the molecule is CCOC(=O)C(C)(CC(C)OC(C)(C)C)NC1CC1. The highest BCUT2D eigenvalue weighted by Gasteiger charge is 2.41. The lowest BCUT2D eigenvalue weighted by Crippen LogP contribution is -2.53. The van der Waals surface area contributed by atoms with Crippen LogP contribution in [-0.4, -0.2) is 35.9 Å². The summed E-state index contributed by atoms with van der Waals surface area (Å²) in [5.74, 6) is -0.175. The number of rotatable bonds is 7. The van der Waals surface area contributed by atoms with E-state index in [0.717, 1.165) is 12.8 Å². The van der Waals surface area contributed by atoms with Gasteiger partial charge in [-0.1, -0.05) is 0 Å². The average molecular weight is 271 g/mol. The average Bonchev–Trinajstić information content (AvgIpc) is 2.98. The lowest BCUT2D eigenvalue weighted by Gasteiger charge is -2.33. The van der Waals surface area contributed by atoms with Crippen molar-refractivity contribution in [2.45, 2.75) is 84.1 Å². The van der Waals surface area contributed by atoms with Gasteiger partial charge < -0.3 is 9.47 Å². The summed E-state index contributed by atoms with van der Waals surface area (Å²) < 4.78 is 11.1. The van der Waals surface area contributed by atoms with Gasteiger partial charge in [-0.15, -0.1) is 0 Å². The van der Waals surface area contributed by atoms with Gasteiger partial charge in [0.1, 0.15) is 5.54 Å². The predicted octanol–water partition coefficient (Wildman–Crippen LogP) is 2.65. The third-order valence-corrected chi connectivity index (χ3v) is 3.08. The van der Waals surface area contributed by atoms with E-state index < -0.39 is 5.54 Å². The summed E-state index contributed by atoms with van der Waals surface area (Å²) in [5.41, 5.74) is -0.851. The molecule has 0 amide bonds. The van der Waals surface area contributed by atoms with Gasteiger partial charge >= 0.3 is 5.97 Å². The van der Waals surface area contributed by atoms with E-state index in [-0.39, 0.29) is 17.7 Å². The molecule has 1 saturated carbocycles. The van der Waals surface area contributed by atoms with Gasteiger partial charge in [0.2, 0.25) is 0 Å². The molecule has 4 heteroatoms. The number of hydrogen-bond acceptors (Lipinski definition) is 4. The van der Waals surface area contributed by atoms with Gasteiger partial charge in [-0.2, -0.15) is 0 Å². The molecule has 1 aliphatic carbocycles. The molecule has 1 aliphatic rings. The maximum atomic E-state index is 12.2. The molecule has 0 aromatic carbocycles. The second-order valence-corrected chi connectivity index (χ2v) is 6.72. The Morgan fingerprint density at radius 2 is 1.89 bits per heavy atom. The number of carbonyl (C=O) groups excluding carboxylic acids is 1. The van der Waals surface area contributed by atoms with Crippen LogP contribution in [0, 0.1) is 0 Å². The Bertz CT molecular complexity index is 307. The van der Waals surface area contributed by atoms with Gasteiger partial charge in [0.05, 0.1) is 18.3 Å². The van der Waals surface area contributed by atoms with Crippen LogP contribution in [0.5, 0.6) is 0 Å². The van der Waals surface area contributed by atoms with Crippen LogP contribution in [0.4, 0.5) is 0 Å². The summed E-state index contributed by atoms with van der Waals surface area (Å²) in [7, 11) is 0. The van der Waals surface area contributed by atoms with E-state index >= 15 is 0 Å². The number of esters is 1. The minimum Gasteiger partial charge on any atom is -0.465 e. The van der Waals surface area contributed by atoms with Crippen LogP contribution in [-0.2, 0) is 14.3 Å². The van der Waals surface area contributed by atoms with E-state index in [0.29, 0.717) is 19.1 Å². The highest BCUT2D eigenvalue weighted by molar-refractivity contribution is 5.80. The Labute approximate surface area is 117 Å². The zero-order chi connectivity index (χ0) is 14.7. The van der Waals surface area contributed by atoms with Crippen molar-refractivity contribution in [2.24, 2.45) is 0 Å². The van der Waals surface area contributed by atoms with Crippen molar-refractivity contribution in [3.63, 3.8) is 0 Å². The molecule has 1 rings (SSSR count). The molecule has 0 bridgehead atoms. The highest BCUT2D eigenvalue weighted by Crippen LogP contribution is 2.27. The zero-order valence-electron chi connectivity index (χ0n) is 13.2. The highest BCUT2D eigenvalue weighted by atomic mass is 16.5. The normalized spacial score (nSPS) is 20.7. The smallest absolute Gasteiger partial charge is 0.326 e. The molecular formula is C15H29NO3. The Morgan fingerprint density at radius 1 is 1.32 bits per heavy atom. The van der Waals surface area contributed by atoms with Gasteiger partial charge in [-0.05, 0) is 54.4 Å². The molecular weight excluding hydrogens is 242 g/mol. The monoisotopic (exact) mass is 271 g/mol. The fourth-order valence-electron chi connectivity index (χ4n) is 2.39. The summed E-state index contributed by atoms with van der Waals surface area (Å²) in [6, 6.07) is 0.455. The summed E-state index contributed by atoms with van der Waals surface area (Å²) in [6.07, 6.45) is 2.91. The minimum absolute atomic E-state index is 0.000608. The Kier molecular flexibility index (Phi) is 5.39.